The summed E-state index contributed by atoms with van der Waals surface area (Å²) in [5, 5.41) is 27.2. The number of hydrogen-bond donors (Lipinski definition) is 6. The molecular formula is C58H78N4O21Se. The second-order valence-electron chi connectivity index (χ2n) is 20.5. The van der Waals surface area contributed by atoms with Crippen molar-refractivity contribution in [2.75, 3.05) is 42.7 Å². The van der Waals surface area contributed by atoms with Crippen LogP contribution in [0.15, 0.2) is 117 Å². The summed E-state index contributed by atoms with van der Waals surface area (Å²) in [6.45, 7) is 12.2. The number of hydrogen-bond acceptors (Lipinski definition) is 21. The summed E-state index contributed by atoms with van der Waals surface area (Å²) >= 11 is -1.62. The van der Waals surface area contributed by atoms with Crippen molar-refractivity contribution in [3.05, 3.63) is 117 Å². The Morgan fingerprint density at radius 1 is 0.619 bits per heavy atom. The number of amides is 4. The first-order chi connectivity index (χ1) is 39.7. The molecule has 6 rings (SSSR count). The van der Waals surface area contributed by atoms with Crippen LogP contribution in [-0.4, -0.2) is 170 Å². The molecule has 13 atom stereocenters. The predicted molar refractivity (Wildman–Crippen MR) is 299 cm³/mol. The van der Waals surface area contributed by atoms with Crippen LogP contribution in [0.3, 0.4) is 0 Å². The van der Waals surface area contributed by atoms with Gasteiger partial charge >= 0.3 is 34.7 Å². The number of allylic oxidation sites excluding steroid dienone is 8. The maximum atomic E-state index is 13.4. The van der Waals surface area contributed by atoms with Gasteiger partial charge in [-0.2, -0.15) is 0 Å². The maximum absolute atomic E-state index is 13.4. The van der Waals surface area contributed by atoms with E-state index in [2.05, 4.69) is 10.6 Å². The van der Waals surface area contributed by atoms with Gasteiger partial charge in [0, 0.05) is 80.3 Å². The Bertz CT molecular complexity index is 2840. The average Bonchev–Trinajstić information content (AvgIpc) is 3.65. The molecule has 6 aliphatic rings. The molecule has 2 aliphatic carbocycles. The van der Waals surface area contributed by atoms with E-state index in [1.165, 1.54) is 80.8 Å². The zero-order valence-electron chi connectivity index (χ0n) is 49.3. The van der Waals surface area contributed by atoms with Crippen LogP contribution in [0.2, 0.25) is 0 Å². The Morgan fingerprint density at radius 2 is 1.04 bits per heavy atom. The minimum absolute atomic E-state index is 0.0775. The molecule has 4 heterocycles. The zero-order valence-corrected chi connectivity index (χ0v) is 51.0. The first-order valence-corrected chi connectivity index (χ1v) is 27.9. The van der Waals surface area contributed by atoms with Crippen LogP contribution >= 0.6 is 0 Å². The fourth-order valence-corrected chi connectivity index (χ4v) is 10.0. The summed E-state index contributed by atoms with van der Waals surface area (Å²) in [7, 11) is 8.42. The van der Waals surface area contributed by atoms with Crippen molar-refractivity contribution in [2.45, 2.75) is 129 Å². The molecular weight excluding hydrogens is 1170 g/mol. The van der Waals surface area contributed by atoms with E-state index in [9.17, 15) is 48.6 Å². The van der Waals surface area contributed by atoms with Gasteiger partial charge in [-0.05, 0) is 63.9 Å². The molecule has 0 saturated carbocycles. The topological polar surface area (TPSA) is 370 Å². The molecule has 0 aromatic heterocycles. The fourth-order valence-electron chi connectivity index (χ4n) is 10.0. The number of aliphatic hydroxyl groups excluding tert-OH is 2. The zero-order chi connectivity index (χ0) is 63.3. The van der Waals surface area contributed by atoms with Crippen LogP contribution in [-0.2, 0) is 79.1 Å². The van der Waals surface area contributed by atoms with Crippen molar-refractivity contribution >= 4 is 62.0 Å². The standard InChI is InChI=1S/C29H38N2O10.C29H40N2O9.O2Se/c1-14-10-17-23(33)19(13-20(32)25(17)39-6)31-27(34)15(2)8-7-9-21(37-4)26(41-29(30)36)18-12-16(3)24(40-28(18)35)22(11-14)38-5;1-15-11-19-25(34)20(14-21(32)27(19)39-7)31-28(35)16(2)9-8-10-22(37-5)26(40-29(30)36)18(4)13-17(3)24(33)23(12-15)38-6;1-3-2/h7-9,12-14,16,21-22,24,26,28,35H,10-11H2,1-6H3,(H2,30,36)(H,31,34);8-10,13-15,17,22-24,26,33H,11-12H2,1-7H3,(H2,30,36)(H,31,35);/b9-7-,15-8+;10-8-,16-9+,18-13+;/t14?,16?,21-,22-,24-,26-,28?;15-,17+,22+,23+,24-,26+;/m01./s1. The molecule has 4 aliphatic heterocycles. The van der Waals surface area contributed by atoms with E-state index in [1.54, 1.807) is 38.2 Å². The number of aliphatic hydroxyl groups is 2. The fraction of sp³-hybridized carbons (Fsp3) is 0.517. The van der Waals surface area contributed by atoms with Crippen molar-refractivity contribution < 1.29 is 98.9 Å². The number of Topliss-reactive ketones (excluding diaryl/α,β-unsaturated/α-hetero) is 2. The number of carbonyl (C=O) groups is 8. The van der Waals surface area contributed by atoms with Gasteiger partial charge in [0.1, 0.15) is 12.2 Å². The van der Waals surface area contributed by atoms with Crippen LogP contribution < -0.4 is 22.1 Å². The molecule has 462 valence electrons. The summed E-state index contributed by atoms with van der Waals surface area (Å²) < 4.78 is 66.5. The molecule has 8 N–H and O–H groups in total. The van der Waals surface area contributed by atoms with Gasteiger partial charge in [-0.3, -0.25) is 28.8 Å². The molecule has 26 heteroatoms. The number of rotatable bonds is 8. The molecule has 0 saturated heterocycles. The van der Waals surface area contributed by atoms with E-state index in [0.29, 0.717) is 18.4 Å². The molecule has 0 radical (unpaired) electrons. The summed E-state index contributed by atoms with van der Waals surface area (Å²) in [5.41, 5.74) is 11.9. The number of nitrogens with one attached hydrogen (secondary N) is 2. The summed E-state index contributed by atoms with van der Waals surface area (Å²) in [5.74, 6) is -4.64. The van der Waals surface area contributed by atoms with Gasteiger partial charge in [-0.25, -0.2) is 9.59 Å². The van der Waals surface area contributed by atoms with Crippen LogP contribution in [0.4, 0.5) is 9.59 Å². The first kappa shape index (κ1) is 71.3. The van der Waals surface area contributed by atoms with Gasteiger partial charge in [0.15, 0.2) is 30.0 Å². The van der Waals surface area contributed by atoms with Crippen molar-refractivity contribution in [3.8, 4) is 0 Å². The molecule has 6 bridgehead atoms. The third kappa shape index (κ3) is 19.5. The van der Waals surface area contributed by atoms with E-state index in [0.717, 1.165) is 12.2 Å². The summed E-state index contributed by atoms with van der Waals surface area (Å²) in [4.78, 5) is 101. The van der Waals surface area contributed by atoms with Gasteiger partial charge in [-0.1, -0.05) is 76.3 Å². The summed E-state index contributed by atoms with van der Waals surface area (Å²) in [6.07, 6.45) is 5.69. The Kier molecular flexibility index (Phi) is 28.9. The number of ketones is 4. The quantitative estimate of drug-likeness (QED) is 0.115. The van der Waals surface area contributed by atoms with Gasteiger partial charge in [0.2, 0.25) is 23.1 Å². The molecule has 0 aromatic carbocycles. The molecule has 0 spiro atoms. The third-order valence-corrected chi connectivity index (χ3v) is 14.2. The Labute approximate surface area is 493 Å². The van der Waals surface area contributed by atoms with Gasteiger partial charge in [0.25, 0.3) is 11.8 Å². The van der Waals surface area contributed by atoms with Crippen LogP contribution in [0.25, 0.3) is 0 Å². The van der Waals surface area contributed by atoms with Crippen molar-refractivity contribution in [1.82, 2.24) is 10.6 Å². The van der Waals surface area contributed by atoms with Crippen molar-refractivity contribution in [3.63, 3.8) is 0 Å². The summed E-state index contributed by atoms with van der Waals surface area (Å²) in [6, 6.07) is 0. The van der Waals surface area contributed by atoms with E-state index < -0.39 is 123 Å². The second kappa shape index (κ2) is 34.1. The van der Waals surface area contributed by atoms with Crippen LogP contribution in [0, 0.1) is 23.7 Å². The monoisotopic (exact) mass is 1250 g/mol. The van der Waals surface area contributed by atoms with E-state index in [4.69, 9.17) is 61.8 Å². The molecule has 3 unspecified atom stereocenters. The minimum atomic E-state index is -1.62. The Hall–Kier alpha value is -7.00. The van der Waals surface area contributed by atoms with Crippen LogP contribution in [0.5, 0.6) is 0 Å². The Balaban J connectivity index is 0.000000421. The first-order valence-electron chi connectivity index (χ1n) is 26.5. The average molecular weight is 1250 g/mol. The van der Waals surface area contributed by atoms with Crippen LogP contribution in [0.1, 0.15) is 74.1 Å². The third-order valence-electron chi connectivity index (χ3n) is 14.2. The number of methoxy groups -OCH3 is 6. The van der Waals surface area contributed by atoms with Crippen molar-refractivity contribution in [2.24, 2.45) is 35.1 Å². The number of ether oxygens (including phenoxy) is 9. The molecule has 4 amide bonds. The number of primary amides is 2. The SMILES string of the molecule is COC1=C2CC(C)C[C@H](OC)[C@H]3OC(O)C(=CC3C)[C@H](OC(N)=O)[C@@H](OC)/C=C\C=C(/C)C(=O)NC(=CC1=O)C2=O.COC1=C2C[C@@H](C)C[C@H](OC)[C@H](O)[C@@H](C)/C=C(\C)[C@H](OC(N)=O)[C@@H](OC)/C=C\C=C(/C)C(=O)NC(=CC1=O)C2=O.O=[Se]=O. The Morgan fingerprint density at radius 3 is 1.44 bits per heavy atom. The molecule has 25 nitrogen and oxygen atoms in total. The van der Waals surface area contributed by atoms with Gasteiger partial charge in [-0.15, -0.1) is 0 Å². The van der Waals surface area contributed by atoms with E-state index >= 15 is 0 Å². The normalized spacial score (nSPS) is 32.2. The van der Waals surface area contributed by atoms with Gasteiger partial charge in [0.05, 0.1) is 50.0 Å². The molecule has 84 heavy (non-hydrogen) atoms. The van der Waals surface area contributed by atoms with Crippen molar-refractivity contribution in [1.29, 1.82) is 0 Å². The number of nitrogens with two attached hydrogens (primary N) is 2. The second-order valence-corrected chi connectivity index (χ2v) is 20.8. The van der Waals surface area contributed by atoms with Gasteiger partial charge < -0.3 is 74.9 Å². The molecule has 0 fully saturated rings. The van der Waals surface area contributed by atoms with E-state index in [1.807, 2.05) is 20.8 Å². The predicted octanol–water partition coefficient (Wildman–Crippen LogP) is 3.53. The molecule has 0 aromatic rings. The number of carbonyl (C=O) groups excluding carboxylic acids is 8. The number of fused-ring (bicyclic) bond motifs is 12. The van der Waals surface area contributed by atoms with E-state index in [-0.39, 0.29) is 81.4 Å².